The van der Waals surface area contributed by atoms with Gasteiger partial charge in [-0.2, -0.15) is 0 Å². The van der Waals surface area contributed by atoms with Crippen LogP contribution in [0.1, 0.15) is 52.4 Å². The number of nitrogens with one attached hydrogen (secondary N) is 1. The summed E-state index contributed by atoms with van der Waals surface area (Å²) >= 11 is 0. The van der Waals surface area contributed by atoms with Gasteiger partial charge in [-0.1, -0.05) is 12.1 Å². The number of aromatic nitrogens is 1. The standard InChI is InChI=1S/C25H26F2N2O3/c1-15-11-21(32-2)19(18-7-9-28-22(15)18)13-29-10-8-24(14-25(24,26)27)12-20(29)16-3-5-17(6-4-16)23(30)31/h3-7,9,11,20,28H,8,10,12-14H2,1-2H3,(H,30,31)/t20-,24-/m1/s1. The van der Waals surface area contributed by atoms with Crippen molar-refractivity contribution in [3.05, 3.63) is 64.8 Å². The monoisotopic (exact) mass is 440 g/mol. The van der Waals surface area contributed by atoms with Crippen molar-refractivity contribution in [3.63, 3.8) is 0 Å². The number of rotatable bonds is 5. The predicted molar refractivity (Wildman–Crippen MR) is 117 cm³/mol. The number of carboxylic acids is 1. The number of alkyl halides is 2. The van der Waals surface area contributed by atoms with E-state index in [-0.39, 0.29) is 18.0 Å². The number of fused-ring (bicyclic) bond motifs is 1. The van der Waals surface area contributed by atoms with Crippen LogP contribution in [0.3, 0.4) is 0 Å². The van der Waals surface area contributed by atoms with Crippen molar-refractivity contribution in [1.82, 2.24) is 9.88 Å². The van der Waals surface area contributed by atoms with Gasteiger partial charge in [0, 0.05) is 47.1 Å². The number of nitrogens with zero attached hydrogens (tertiary/aromatic N) is 1. The maximum absolute atomic E-state index is 14.3. The third-order valence-electron chi connectivity index (χ3n) is 7.35. The third kappa shape index (κ3) is 3.26. The van der Waals surface area contributed by atoms with Crippen LogP contribution in [0.2, 0.25) is 0 Å². The average Bonchev–Trinajstić information content (AvgIpc) is 3.09. The first-order valence-corrected chi connectivity index (χ1v) is 10.8. The summed E-state index contributed by atoms with van der Waals surface area (Å²) in [5.41, 5.74) is 3.28. The van der Waals surface area contributed by atoms with E-state index >= 15 is 0 Å². The number of benzene rings is 2. The number of methoxy groups -OCH3 is 1. The molecule has 0 radical (unpaired) electrons. The smallest absolute Gasteiger partial charge is 0.335 e. The zero-order valence-electron chi connectivity index (χ0n) is 18.1. The summed E-state index contributed by atoms with van der Waals surface area (Å²) in [5.74, 6) is -2.83. The Hall–Kier alpha value is -2.93. The highest BCUT2D eigenvalue weighted by atomic mass is 19.3. The van der Waals surface area contributed by atoms with E-state index in [0.717, 1.165) is 33.3 Å². The lowest BCUT2D eigenvalue weighted by molar-refractivity contribution is 0.00632. The number of halogens is 2. The fraction of sp³-hybridized carbons (Fsp3) is 0.400. The first-order chi connectivity index (χ1) is 15.2. The zero-order valence-corrected chi connectivity index (χ0v) is 18.1. The van der Waals surface area contributed by atoms with Gasteiger partial charge in [-0.15, -0.1) is 0 Å². The van der Waals surface area contributed by atoms with E-state index in [2.05, 4.69) is 9.88 Å². The number of ether oxygens (including phenoxy) is 1. The van der Waals surface area contributed by atoms with Crippen molar-refractivity contribution in [2.24, 2.45) is 5.41 Å². The minimum atomic E-state index is -2.62. The summed E-state index contributed by atoms with van der Waals surface area (Å²) in [5, 5.41) is 10.3. The number of carboxylic acid groups (broad SMARTS) is 1. The van der Waals surface area contributed by atoms with E-state index in [1.165, 1.54) is 0 Å². The summed E-state index contributed by atoms with van der Waals surface area (Å²) in [6.45, 7) is 3.13. The van der Waals surface area contributed by atoms with Crippen molar-refractivity contribution < 1.29 is 23.4 Å². The second-order valence-electron chi connectivity index (χ2n) is 9.17. The number of carbonyl (C=O) groups is 1. The van der Waals surface area contributed by atoms with Crippen LogP contribution in [0.4, 0.5) is 8.78 Å². The Labute approximate surface area is 185 Å². The molecule has 1 aliphatic carbocycles. The van der Waals surface area contributed by atoms with Crippen LogP contribution in [0, 0.1) is 12.3 Å². The van der Waals surface area contributed by atoms with Crippen LogP contribution in [0.5, 0.6) is 5.75 Å². The zero-order chi connectivity index (χ0) is 22.7. The minimum Gasteiger partial charge on any atom is -0.496 e. The summed E-state index contributed by atoms with van der Waals surface area (Å²) in [7, 11) is 1.65. The Kier molecular flexibility index (Phi) is 4.78. The Morgan fingerprint density at radius 3 is 2.62 bits per heavy atom. The summed E-state index contributed by atoms with van der Waals surface area (Å²) in [6, 6.07) is 10.4. The van der Waals surface area contributed by atoms with Gasteiger partial charge in [-0.05, 0) is 61.7 Å². The van der Waals surface area contributed by atoms with Crippen molar-refractivity contribution in [3.8, 4) is 5.75 Å². The average molecular weight is 440 g/mol. The number of aromatic carboxylic acids is 1. The van der Waals surface area contributed by atoms with Crippen molar-refractivity contribution in [2.75, 3.05) is 13.7 Å². The second-order valence-corrected chi connectivity index (χ2v) is 9.17. The van der Waals surface area contributed by atoms with Gasteiger partial charge in [0.2, 0.25) is 0 Å². The Balaban J connectivity index is 1.52. The fourth-order valence-corrected chi connectivity index (χ4v) is 5.34. The highest BCUT2D eigenvalue weighted by Gasteiger charge is 2.71. The molecule has 1 saturated heterocycles. The Bertz CT molecular complexity index is 1190. The molecule has 32 heavy (non-hydrogen) atoms. The van der Waals surface area contributed by atoms with E-state index < -0.39 is 17.3 Å². The van der Waals surface area contributed by atoms with Gasteiger partial charge < -0.3 is 14.8 Å². The van der Waals surface area contributed by atoms with E-state index in [1.807, 2.05) is 25.3 Å². The van der Waals surface area contributed by atoms with Gasteiger partial charge >= 0.3 is 5.97 Å². The van der Waals surface area contributed by atoms with Crippen LogP contribution < -0.4 is 4.74 Å². The molecule has 1 spiro atoms. The van der Waals surface area contributed by atoms with E-state index in [4.69, 9.17) is 4.74 Å². The highest BCUT2D eigenvalue weighted by molar-refractivity contribution is 5.88. The maximum atomic E-state index is 14.3. The molecule has 2 fully saturated rings. The Morgan fingerprint density at radius 2 is 2.00 bits per heavy atom. The fourth-order valence-electron chi connectivity index (χ4n) is 5.34. The van der Waals surface area contributed by atoms with Gasteiger partial charge in [-0.25, -0.2) is 13.6 Å². The normalized spacial score (nSPS) is 24.7. The maximum Gasteiger partial charge on any atom is 0.335 e. The van der Waals surface area contributed by atoms with E-state index in [0.29, 0.717) is 25.9 Å². The molecule has 2 atom stereocenters. The molecule has 5 nitrogen and oxygen atoms in total. The lowest BCUT2D eigenvalue weighted by Gasteiger charge is -2.40. The molecule has 3 aromatic rings. The topological polar surface area (TPSA) is 65.6 Å². The van der Waals surface area contributed by atoms with Gasteiger partial charge in [0.25, 0.3) is 5.92 Å². The molecule has 7 heteroatoms. The number of aromatic amines is 1. The molecule has 1 aromatic heterocycles. The second kappa shape index (κ2) is 7.30. The van der Waals surface area contributed by atoms with Crippen LogP contribution in [0.15, 0.2) is 42.6 Å². The largest absolute Gasteiger partial charge is 0.496 e. The quantitative estimate of drug-likeness (QED) is 0.546. The van der Waals surface area contributed by atoms with Crippen molar-refractivity contribution in [1.29, 1.82) is 0 Å². The lowest BCUT2D eigenvalue weighted by atomic mass is 9.83. The van der Waals surface area contributed by atoms with Crippen LogP contribution >= 0.6 is 0 Å². The molecule has 2 aromatic carbocycles. The van der Waals surface area contributed by atoms with Crippen molar-refractivity contribution >= 4 is 16.9 Å². The third-order valence-corrected chi connectivity index (χ3v) is 7.35. The Morgan fingerprint density at radius 1 is 1.28 bits per heavy atom. The molecular weight excluding hydrogens is 414 g/mol. The molecule has 0 amide bonds. The molecule has 2 aliphatic rings. The van der Waals surface area contributed by atoms with E-state index in [9.17, 15) is 18.7 Å². The molecule has 0 unspecified atom stereocenters. The SMILES string of the molecule is COc1cc(C)c2[nH]ccc2c1CN1CC[C@@]2(C[C@@H]1c1ccc(C(=O)O)cc1)CC2(F)F. The number of hydrogen-bond acceptors (Lipinski definition) is 3. The number of aryl methyl sites for hydroxylation is 1. The number of hydrogen-bond donors (Lipinski definition) is 2. The summed E-state index contributed by atoms with van der Waals surface area (Å²) < 4.78 is 34.3. The molecular formula is C25H26F2N2O3. The number of H-pyrrole nitrogens is 1. The van der Waals surface area contributed by atoms with Crippen LogP contribution in [-0.4, -0.2) is 40.5 Å². The summed E-state index contributed by atoms with van der Waals surface area (Å²) in [4.78, 5) is 16.8. The lowest BCUT2D eigenvalue weighted by Crippen LogP contribution is -2.39. The molecule has 1 saturated carbocycles. The molecule has 168 valence electrons. The van der Waals surface area contributed by atoms with Crippen LogP contribution in [0.25, 0.3) is 10.9 Å². The molecule has 2 heterocycles. The van der Waals surface area contributed by atoms with Gasteiger partial charge in [-0.3, -0.25) is 4.90 Å². The van der Waals surface area contributed by atoms with Gasteiger partial charge in [0.1, 0.15) is 5.75 Å². The van der Waals surface area contributed by atoms with Gasteiger partial charge in [0.15, 0.2) is 0 Å². The van der Waals surface area contributed by atoms with Gasteiger partial charge in [0.05, 0.1) is 12.7 Å². The number of piperidine rings is 1. The van der Waals surface area contributed by atoms with Crippen LogP contribution in [-0.2, 0) is 6.54 Å². The first kappa shape index (κ1) is 20.9. The highest BCUT2D eigenvalue weighted by Crippen LogP contribution is 2.68. The molecule has 1 aliphatic heterocycles. The summed E-state index contributed by atoms with van der Waals surface area (Å²) in [6.07, 6.45) is 2.65. The van der Waals surface area contributed by atoms with E-state index in [1.54, 1.807) is 31.4 Å². The van der Waals surface area contributed by atoms with Crippen molar-refractivity contribution in [2.45, 2.75) is 44.7 Å². The first-order valence-electron chi connectivity index (χ1n) is 10.8. The minimum absolute atomic E-state index is 0.0620. The molecule has 0 bridgehead atoms. The molecule has 2 N–H and O–H groups in total. The molecule has 5 rings (SSSR count). The predicted octanol–water partition coefficient (Wildman–Crippen LogP) is 5.55. The number of likely N-dealkylation sites (tertiary alicyclic amines) is 1.